The van der Waals surface area contributed by atoms with E-state index >= 15 is 0 Å². The van der Waals surface area contributed by atoms with Crippen LogP contribution >= 0.6 is 11.3 Å². The van der Waals surface area contributed by atoms with Crippen LogP contribution < -0.4 is 10.1 Å². The molecule has 1 aliphatic rings. The zero-order valence-corrected chi connectivity index (χ0v) is 14.0. The van der Waals surface area contributed by atoms with Crippen molar-refractivity contribution in [3.05, 3.63) is 45.3 Å². The van der Waals surface area contributed by atoms with E-state index in [4.69, 9.17) is 4.74 Å². The Hall–Kier alpha value is -2.32. The summed E-state index contributed by atoms with van der Waals surface area (Å²) >= 11 is 1.55. The summed E-state index contributed by atoms with van der Waals surface area (Å²) < 4.78 is 5.23. The first-order valence-corrected chi connectivity index (χ1v) is 8.42. The number of carbonyl (C=O) groups is 1. The quantitative estimate of drug-likeness (QED) is 0.933. The molecule has 0 saturated carbocycles. The molecule has 2 aromatic rings. The number of hydrogen-bond donors (Lipinski definition) is 1. The predicted molar refractivity (Wildman–Crippen MR) is 91.1 cm³/mol. The van der Waals surface area contributed by atoms with Gasteiger partial charge in [-0.15, -0.1) is 11.3 Å². The number of nitrogens with zero attached hydrogens (tertiary/aromatic N) is 1. The number of nitrogens with one attached hydrogen (secondary N) is 1. The van der Waals surface area contributed by atoms with E-state index in [1.165, 1.54) is 4.88 Å². The molecule has 0 atom stereocenters. The molecule has 1 aliphatic carbocycles. The molecule has 0 bridgehead atoms. The summed E-state index contributed by atoms with van der Waals surface area (Å²) in [5.74, 6) is 0.724. The Kier molecular flexibility index (Phi) is 4.35. The highest BCUT2D eigenvalue weighted by atomic mass is 32.1. The lowest BCUT2D eigenvalue weighted by atomic mass is 10.1. The van der Waals surface area contributed by atoms with Gasteiger partial charge in [-0.3, -0.25) is 4.79 Å². The molecule has 1 heterocycles. The molecule has 0 aliphatic heterocycles. The monoisotopic (exact) mass is 326 g/mol. The van der Waals surface area contributed by atoms with E-state index in [1.807, 2.05) is 25.1 Å². The molecule has 1 amide bonds. The van der Waals surface area contributed by atoms with E-state index in [0.717, 1.165) is 41.7 Å². The van der Waals surface area contributed by atoms with Crippen LogP contribution in [0, 0.1) is 18.3 Å². The summed E-state index contributed by atoms with van der Waals surface area (Å²) in [5, 5.41) is 13.0. The van der Waals surface area contributed by atoms with E-state index in [2.05, 4.69) is 11.4 Å². The second kappa shape index (κ2) is 6.43. The normalized spacial score (nSPS) is 12.6. The molecule has 1 N–H and O–H groups in total. The second-order valence-corrected chi connectivity index (χ2v) is 6.81. The molecule has 23 heavy (non-hydrogen) atoms. The molecule has 0 unspecified atom stereocenters. The average molecular weight is 326 g/mol. The maximum atomic E-state index is 12.3. The van der Waals surface area contributed by atoms with Gasteiger partial charge in [0.2, 0.25) is 5.91 Å². The molecular formula is C18H18N2O2S. The molecule has 118 valence electrons. The highest BCUT2D eigenvalue weighted by molar-refractivity contribution is 7.16. The van der Waals surface area contributed by atoms with Crippen LogP contribution in [0.15, 0.2) is 18.2 Å². The molecule has 0 spiro atoms. The predicted octanol–water partition coefficient (Wildman–Crippen LogP) is 3.61. The molecular weight excluding hydrogens is 308 g/mol. The van der Waals surface area contributed by atoms with Gasteiger partial charge < -0.3 is 10.1 Å². The second-order valence-electron chi connectivity index (χ2n) is 5.70. The number of nitriles is 1. The van der Waals surface area contributed by atoms with Crippen LogP contribution in [0.5, 0.6) is 5.75 Å². The van der Waals surface area contributed by atoms with Crippen molar-refractivity contribution < 1.29 is 9.53 Å². The fourth-order valence-corrected chi connectivity index (χ4v) is 4.27. The molecule has 0 fully saturated rings. The van der Waals surface area contributed by atoms with Gasteiger partial charge >= 0.3 is 0 Å². The van der Waals surface area contributed by atoms with Crippen molar-refractivity contribution in [2.45, 2.75) is 32.6 Å². The number of rotatable bonds is 4. The van der Waals surface area contributed by atoms with Crippen LogP contribution in [0.4, 0.5) is 5.00 Å². The Morgan fingerprint density at radius 1 is 1.43 bits per heavy atom. The van der Waals surface area contributed by atoms with Crippen molar-refractivity contribution in [2.24, 2.45) is 0 Å². The van der Waals surface area contributed by atoms with E-state index in [1.54, 1.807) is 18.4 Å². The molecule has 4 nitrogen and oxygen atoms in total. The summed E-state index contributed by atoms with van der Waals surface area (Å²) in [6.07, 6.45) is 3.36. The van der Waals surface area contributed by atoms with Gasteiger partial charge in [-0.05, 0) is 48.9 Å². The number of benzene rings is 1. The Bertz CT molecular complexity index is 802. The van der Waals surface area contributed by atoms with E-state index in [0.29, 0.717) is 10.6 Å². The average Bonchev–Trinajstić information content (AvgIpc) is 3.07. The largest absolute Gasteiger partial charge is 0.496 e. The maximum Gasteiger partial charge on any atom is 0.229 e. The van der Waals surface area contributed by atoms with Crippen LogP contribution in [0.1, 0.15) is 33.6 Å². The van der Waals surface area contributed by atoms with E-state index in [9.17, 15) is 10.1 Å². The third-order valence-electron chi connectivity index (χ3n) is 4.11. The van der Waals surface area contributed by atoms with Crippen molar-refractivity contribution >= 4 is 22.2 Å². The fourth-order valence-electron chi connectivity index (χ4n) is 3.02. The van der Waals surface area contributed by atoms with E-state index < -0.39 is 0 Å². The minimum Gasteiger partial charge on any atom is -0.496 e. The maximum absolute atomic E-state index is 12.3. The number of thiophene rings is 1. The molecule has 1 aromatic carbocycles. The zero-order chi connectivity index (χ0) is 16.4. The number of hydrogen-bond acceptors (Lipinski definition) is 4. The van der Waals surface area contributed by atoms with Crippen molar-refractivity contribution in [1.82, 2.24) is 0 Å². The van der Waals surface area contributed by atoms with Gasteiger partial charge in [-0.1, -0.05) is 12.1 Å². The number of ether oxygens (including phenoxy) is 1. The highest BCUT2D eigenvalue weighted by Crippen LogP contribution is 2.38. The molecule has 1 aromatic heterocycles. The standard InChI is InChI=1S/C18H18N2O2S/c1-11-8-12(6-7-15(11)22-2)9-17(21)20-18-14(10-19)13-4-3-5-16(13)23-18/h6-8H,3-5,9H2,1-2H3,(H,20,21). The summed E-state index contributed by atoms with van der Waals surface area (Å²) in [6.45, 7) is 1.96. The first kappa shape index (κ1) is 15.6. The van der Waals surface area contributed by atoms with Crippen molar-refractivity contribution in [1.29, 1.82) is 5.26 Å². The van der Waals surface area contributed by atoms with Crippen LogP contribution in [-0.2, 0) is 24.1 Å². The minimum absolute atomic E-state index is 0.0917. The smallest absolute Gasteiger partial charge is 0.229 e. The molecule has 5 heteroatoms. The van der Waals surface area contributed by atoms with Crippen molar-refractivity contribution in [3.8, 4) is 11.8 Å². The van der Waals surface area contributed by atoms with Gasteiger partial charge in [0.15, 0.2) is 0 Å². The lowest BCUT2D eigenvalue weighted by molar-refractivity contribution is -0.115. The number of carbonyl (C=O) groups excluding carboxylic acids is 1. The van der Waals surface area contributed by atoms with Gasteiger partial charge in [0.05, 0.1) is 19.1 Å². The third kappa shape index (κ3) is 3.08. The number of methoxy groups -OCH3 is 1. The number of fused-ring (bicyclic) bond motifs is 1. The first-order chi connectivity index (χ1) is 11.1. The minimum atomic E-state index is -0.0917. The Labute approximate surface area is 139 Å². The summed E-state index contributed by atoms with van der Waals surface area (Å²) in [5.41, 5.74) is 3.73. The van der Waals surface area contributed by atoms with Crippen molar-refractivity contribution in [2.75, 3.05) is 12.4 Å². The SMILES string of the molecule is COc1ccc(CC(=O)Nc2sc3c(c2C#N)CCC3)cc1C. The lowest BCUT2D eigenvalue weighted by Crippen LogP contribution is -2.14. The lowest BCUT2D eigenvalue weighted by Gasteiger charge is -2.08. The van der Waals surface area contributed by atoms with Gasteiger partial charge in [-0.2, -0.15) is 5.26 Å². The van der Waals surface area contributed by atoms with Gasteiger partial charge in [0.1, 0.15) is 16.8 Å². The summed E-state index contributed by atoms with van der Waals surface area (Å²) in [7, 11) is 1.63. The van der Waals surface area contributed by atoms with Gasteiger partial charge in [0, 0.05) is 4.88 Å². The zero-order valence-electron chi connectivity index (χ0n) is 13.2. The Morgan fingerprint density at radius 3 is 2.96 bits per heavy atom. The van der Waals surface area contributed by atoms with Crippen LogP contribution in [0.3, 0.4) is 0 Å². The Morgan fingerprint density at radius 2 is 2.26 bits per heavy atom. The highest BCUT2D eigenvalue weighted by Gasteiger charge is 2.23. The van der Waals surface area contributed by atoms with Crippen molar-refractivity contribution in [3.63, 3.8) is 0 Å². The third-order valence-corrected chi connectivity index (χ3v) is 5.32. The first-order valence-electron chi connectivity index (χ1n) is 7.60. The number of amides is 1. The molecule has 0 saturated heterocycles. The summed E-state index contributed by atoms with van der Waals surface area (Å²) in [6, 6.07) is 7.97. The van der Waals surface area contributed by atoms with Gasteiger partial charge in [0.25, 0.3) is 0 Å². The van der Waals surface area contributed by atoms with Crippen LogP contribution in [0.2, 0.25) is 0 Å². The van der Waals surface area contributed by atoms with Crippen LogP contribution in [-0.4, -0.2) is 13.0 Å². The summed E-state index contributed by atoms with van der Waals surface area (Å²) in [4.78, 5) is 13.5. The number of aryl methyl sites for hydroxylation is 2. The van der Waals surface area contributed by atoms with Crippen LogP contribution in [0.25, 0.3) is 0 Å². The Balaban J connectivity index is 1.73. The number of anilines is 1. The molecule has 0 radical (unpaired) electrons. The molecule has 3 rings (SSSR count). The fraction of sp³-hybridized carbons (Fsp3) is 0.333. The topological polar surface area (TPSA) is 62.1 Å². The van der Waals surface area contributed by atoms with Gasteiger partial charge in [-0.25, -0.2) is 0 Å². The van der Waals surface area contributed by atoms with E-state index in [-0.39, 0.29) is 12.3 Å².